The Morgan fingerprint density at radius 1 is 1.47 bits per heavy atom. The van der Waals surface area contributed by atoms with Gasteiger partial charge in [0.25, 0.3) is 0 Å². The van der Waals surface area contributed by atoms with Crippen molar-refractivity contribution in [2.24, 2.45) is 5.92 Å². The van der Waals surface area contributed by atoms with Gasteiger partial charge in [0, 0.05) is 19.7 Å². The average Bonchev–Trinajstić information content (AvgIpc) is 2.70. The fraction of sp³-hybridized carbons (Fsp3) is 0.636. The van der Waals surface area contributed by atoms with Crippen molar-refractivity contribution in [3.63, 3.8) is 0 Å². The van der Waals surface area contributed by atoms with E-state index < -0.39 is 0 Å². The van der Waals surface area contributed by atoms with Gasteiger partial charge < -0.3 is 4.90 Å². The van der Waals surface area contributed by atoms with Crippen LogP contribution in [0.4, 0.5) is 5.69 Å². The summed E-state index contributed by atoms with van der Waals surface area (Å²) in [5.74, 6) is 0.835. The zero-order valence-corrected chi connectivity index (χ0v) is 9.74. The number of halogens is 1. The molecule has 0 N–H and O–H groups in total. The molecule has 0 atom stereocenters. The summed E-state index contributed by atoms with van der Waals surface area (Å²) in [4.78, 5) is 2.22. The smallest absolute Gasteiger partial charge is 0.153 e. The molecule has 0 aliphatic heterocycles. The van der Waals surface area contributed by atoms with Crippen molar-refractivity contribution in [3.8, 4) is 0 Å². The minimum atomic E-state index is 0.464. The van der Waals surface area contributed by atoms with Crippen molar-refractivity contribution >= 4 is 17.3 Å². The van der Waals surface area contributed by atoms with Crippen molar-refractivity contribution in [1.82, 2.24) is 10.2 Å². The standard InChI is InChI=1S/C11H16ClN3/c1-15(8-9-4-2-3-5-9)10-6-11(12)14-13-7-10/h6-7,9H,2-5,8H2,1H3. The molecule has 15 heavy (non-hydrogen) atoms. The van der Waals surface area contributed by atoms with E-state index in [9.17, 15) is 0 Å². The van der Waals surface area contributed by atoms with Crippen LogP contribution in [0.25, 0.3) is 0 Å². The predicted molar refractivity (Wildman–Crippen MR) is 62.3 cm³/mol. The van der Waals surface area contributed by atoms with E-state index in [1.54, 1.807) is 6.20 Å². The summed E-state index contributed by atoms with van der Waals surface area (Å²) < 4.78 is 0. The summed E-state index contributed by atoms with van der Waals surface area (Å²) in [6, 6.07) is 1.86. The van der Waals surface area contributed by atoms with Crippen molar-refractivity contribution in [1.29, 1.82) is 0 Å². The molecule has 0 radical (unpaired) electrons. The third-order valence-electron chi connectivity index (χ3n) is 3.06. The molecule has 3 nitrogen and oxygen atoms in total. The molecule has 0 saturated heterocycles. The van der Waals surface area contributed by atoms with Crippen LogP contribution in [0.1, 0.15) is 25.7 Å². The zero-order valence-electron chi connectivity index (χ0n) is 8.99. The summed E-state index contributed by atoms with van der Waals surface area (Å²) in [5.41, 5.74) is 1.06. The van der Waals surface area contributed by atoms with Crippen molar-refractivity contribution in [3.05, 3.63) is 17.4 Å². The maximum Gasteiger partial charge on any atom is 0.153 e. The quantitative estimate of drug-likeness (QED) is 0.792. The Labute approximate surface area is 95.5 Å². The van der Waals surface area contributed by atoms with Gasteiger partial charge in [-0.1, -0.05) is 24.4 Å². The van der Waals surface area contributed by atoms with Crippen LogP contribution < -0.4 is 4.90 Å². The molecule has 1 saturated carbocycles. The number of nitrogens with zero attached hydrogens (tertiary/aromatic N) is 3. The summed E-state index contributed by atoms with van der Waals surface area (Å²) in [6.45, 7) is 1.10. The van der Waals surface area contributed by atoms with E-state index in [-0.39, 0.29) is 0 Å². The lowest BCUT2D eigenvalue weighted by Crippen LogP contribution is -2.24. The number of anilines is 1. The van der Waals surface area contributed by atoms with Crippen LogP contribution in [0.2, 0.25) is 5.15 Å². The number of aromatic nitrogens is 2. The molecule has 0 amide bonds. The van der Waals surface area contributed by atoms with E-state index in [1.165, 1.54) is 25.7 Å². The molecule has 82 valence electrons. The van der Waals surface area contributed by atoms with Crippen LogP contribution in [-0.2, 0) is 0 Å². The van der Waals surface area contributed by atoms with Gasteiger partial charge in [-0.05, 0) is 18.8 Å². The van der Waals surface area contributed by atoms with E-state index in [0.29, 0.717) is 5.15 Å². The minimum absolute atomic E-state index is 0.464. The maximum absolute atomic E-state index is 5.81. The number of hydrogen-bond donors (Lipinski definition) is 0. The molecule has 0 bridgehead atoms. The molecule has 0 unspecified atom stereocenters. The molecule has 0 spiro atoms. The van der Waals surface area contributed by atoms with E-state index >= 15 is 0 Å². The van der Waals surface area contributed by atoms with E-state index in [4.69, 9.17) is 11.6 Å². The van der Waals surface area contributed by atoms with Crippen molar-refractivity contribution in [2.45, 2.75) is 25.7 Å². The molecule has 1 aliphatic rings. The highest BCUT2D eigenvalue weighted by atomic mass is 35.5. The monoisotopic (exact) mass is 225 g/mol. The minimum Gasteiger partial charge on any atom is -0.373 e. The van der Waals surface area contributed by atoms with Crippen molar-refractivity contribution < 1.29 is 0 Å². The first-order chi connectivity index (χ1) is 7.25. The normalized spacial score (nSPS) is 16.9. The maximum atomic E-state index is 5.81. The van der Waals surface area contributed by atoms with E-state index in [0.717, 1.165) is 18.2 Å². The van der Waals surface area contributed by atoms with Crippen LogP contribution >= 0.6 is 11.6 Å². The molecule has 2 rings (SSSR count). The van der Waals surface area contributed by atoms with Gasteiger partial charge >= 0.3 is 0 Å². The second kappa shape index (κ2) is 4.79. The zero-order chi connectivity index (χ0) is 10.7. The van der Waals surface area contributed by atoms with E-state index in [1.807, 2.05) is 6.07 Å². The Balaban J connectivity index is 1.97. The van der Waals surface area contributed by atoms with Crippen molar-refractivity contribution in [2.75, 3.05) is 18.5 Å². The lowest BCUT2D eigenvalue weighted by atomic mass is 10.1. The average molecular weight is 226 g/mol. The molecule has 1 heterocycles. The van der Waals surface area contributed by atoms with Gasteiger partial charge in [0.2, 0.25) is 0 Å². The Bertz CT molecular complexity index is 323. The first-order valence-electron chi connectivity index (χ1n) is 5.45. The van der Waals surface area contributed by atoms with Gasteiger partial charge in [0.05, 0.1) is 11.9 Å². The topological polar surface area (TPSA) is 29.0 Å². The van der Waals surface area contributed by atoms with Gasteiger partial charge in [-0.3, -0.25) is 0 Å². The molecule has 1 aliphatic carbocycles. The Morgan fingerprint density at radius 3 is 2.87 bits per heavy atom. The van der Waals surface area contributed by atoms with Crippen LogP contribution in [0.15, 0.2) is 12.3 Å². The summed E-state index contributed by atoms with van der Waals surface area (Å²) >= 11 is 5.81. The van der Waals surface area contributed by atoms with Crippen LogP contribution in [-0.4, -0.2) is 23.8 Å². The predicted octanol–water partition coefficient (Wildman–Crippen LogP) is 2.76. The molecule has 1 aromatic heterocycles. The highest BCUT2D eigenvalue weighted by molar-refractivity contribution is 6.29. The third kappa shape index (κ3) is 2.81. The lowest BCUT2D eigenvalue weighted by Gasteiger charge is -2.22. The van der Waals surface area contributed by atoms with Crippen LogP contribution in [0.5, 0.6) is 0 Å². The number of rotatable bonds is 3. The fourth-order valence-electron chi connectivity index (χ4n) is 2.23. The van der Waals surface area contributed by atoms with Gasteiger partial charge in [-0.2, -0.15) is 5.10 Å². The number of hydrogen-bond acceptors (Lipinski definition) is 3. The Hall–Kier alpha value is -0.830. The van der Waals surface area contributed by atoms with Gasteiger partial charge in [-0.25, -0.2) is 0 Å². The first kappa shape index (κ1) is 10.7. The summed E-state index contributed by atoms with van der Waals surface area (Å²) in [6.07, 6.45) is 7.25. The van der Waals surface area contributed by atoms with Gasteiger partial charge in [0.15, 0.2) is 5.15 Å². The van der Waals surface area contributed by atoms with Crippen LogP contribution in [0, 0.1) is 5.92 Å². The second-order valence-corrected chi connectivity index (χ2v) is 4.65. The molecular weight excluding hydrogens is 210 g/mol. The van der Waals surface area contributed by atoms with Crippen LogP contribution in [0.3, 0.4) is 0 Å². The Kier molecular flexibility index (Phi) is 3.41. The third-order valence-corrected chi connectivity index (χ3v) is 3.24. The highest BCUT2D eigenvalue weighted by Crippen LogP contribution is 2.26. The SMILES string of the molecule is CN(CC1CCCC1)c1cnnc(Cl)c1. The molecule has 1 fully saturated rings. The summed E-state index contributed by atoms with van der Waals surface area (Å²) in [5, 5.41) is 8.06. The molecular formula is C11H16ClN3. The molecule has 1 aromatic rings. The largest absolute Gasteiger partial charge is 0.373 e. The molecule has 0 aromatic carbocycles. The first-order valence-corrected chi connectivity index (χ1v) is 5.83. The Morgan fingerprint density at radius 2 is 2.20 bits per heavy atom. The van der Waals surface area contributed by atoms with Gasteiger partial charge in [0.1, 0.15) is 0 Å². The second-order valence-electron chi connectivity index (χ2n) is 4.27. The summed E-state index contributed by atoms with van der Waals surface area (Å²) in [7, 11) is 2.09. The molecule has 4 heteroatoms. The lowest BCUT2D eigenvalue weighted by molar-refractivity contribution is 0.546. The van der Waals surface area contributed by atoms with Gasteiger partial charge in [-0.15, -0.1) is 5.10 Å². The fourth-order valence-corrected chi connectivity index (χ4v) is 2.38. The van der Waals surface area contributed by atoms with E-state index in [2.05, 4.69) is 22.1 Å². The highest BCUT2D eigenvalue weighted by Gasteiger charge is 2.17.